The van der Waals surface area contributed by atoms with Gasteiger partial charge in [-0.1, -0.05) is 25.1 Å². The number of para-hydroxylation sites is 1. The lowest BCUT2D eigenvalue weighted by atomic mass is 10.1. The van der Waals surface area contributed by atoms with E-state index in [-0.39, 0.29) is 6.04 Å². The maximum Gasteiger partial charge on any atom is 0.175 e. The molecule has 3 aromatic rings. The summed E-state index contributed by atoms with van der Waals surface area (Å²) in [7, 11) is 0. The molecule has 6 heteroatoms. The number of nitrogens with zero attached hydrogens (tertiary/aromatic N) is 3. The fourth-order valence-electron chi connectivity index (χ4n) is 2.62. The Morgan fingerprint density at radius 2 is 2.00 bits per heavy atom. The fraction of sp³-hybridized carbons (Fsp3) is 0.278. The standard InChI is InChI=1S/C18H21N5S/c1-4-13-7-5-6-8-16(13)22-18(24)21-15-9-14-10-20-23(12(2)3)17(14)19-11-15/h5-12H,4H2,1-3H3,(H2,21,22,24). The van der Waals surface area contributed by atoms with Crippen molar-refractivity contribution in [3.63, 3.8) is 0 Å². The van der Waals surface area contributed by atoms with Gasteiger partial charge in [0.2, 0.25) is 0 Å². The van der Waals surface area contributed by atoms with E-state index in [4.69, 9.17) is 12.2 Å². The summed E-state index contributed by atoms with van der Waals surface area (Å²) in [4.78, 5) is 4.51. The summed E-state index contributed by atoms with van der Waals surface area (Å²) < 4.78 is 1.91. The van der Waals surface area contributed by atoms with Crippen LogP contribution in [0.3, 0.4) is 0 Å². The number of hydrogen-bond acceptors (Lipinski definition) is 3. The first-order valence-electron chi connectivity index (χ1n) is 8.07. The molecule has 2 heterocycles. The van der Waals surface area contributed by atoms with Crippen molar-refractivity contribution in [3.8, 4) is 0 Å². The Hall–Kier alpha value is -2.47. The molecule has 0 aliphatic rings. The van der Waals surface area contributed by atoms with Crippen molar-refractivity contribution in [2.75, 3.05) is 10.6 Å². The molecule has 0 radical (unpaired) electrons. The van der Waals surface area contributed by atoms with Crippen LogP contribution >= 0.6 is 12.2 Å². The maximum atomic E-state index is 5.42. The number of anilines is 2. The van der Waals surface area contributed by atoms with Gasteiger partial charge in [0.05, 0.1) is 18.1 Å². The molecule has 0 unspecified atom stereocenters. The van der Waals surface area contributed by atoms with Crippen molar-refractivity contribution < 1.29 is 0 Å². The highest BCUT2D eigenvalue weighted by atomic mass is 32.1. The molecule has 24 heavy (non-hydrogen) atoms. The van der Waals surface area contributed by atoms with Crippen LogP contribution in [0.1, 0.15) is 32.4 Å². The molecule has 0 bridgehead atoms. The highest BCUT2D eigenvalue weighted by molar-refractivity contribution is 7.80. The summed E-state index contributed by atoms with van der Waals surface area (Å²) in [6, 6.07) is 10.4. The summed E-state index contributed by atoms with van der Waals surface area (Å²) in [5, 5.41) is 12.4. The molecule has 0 saturated carbocycles. The molecule has 0 spiro atoms. The van der Waals surface area contributed by atoms with Gasteiger partial charge in [0, 0.05) is 17.1 Å². The van der Waals surface area contributed by atoms with E-state index >= 15 is 0 Å². The van der Waals surface area contributed by atoms with Crippen molar-refractivity contribution in [2.45, 2.75) is 33.2 Å². The van der Waals surface area contributed by atoms with Crippen LogP contribution in [0.2, 0.25) is 0 Å². The molecular formula is C18H21N5S. The number of rotatable bonds is 4. The third-order valence-electron chi connectivity index (χ3n) is 3.83. The number of aromatic nitrogens is 3. The van der Waals surface area contributed by atoms with Crippen LogP contribution in [-0.4, -0.2) is 19.9 Å². The second-order valence-corrected chi connectivity index (χ2v) is 6.32. The van der Waals surface area contributed by atoms with Crippen molar-refractivity contribution in [3.05, 3.63) is 48.3 Å². The normalized spacial score (nSPS) is 11.0. The molecule has 2 N–H and O–H groups in total. The van der Waals surface area contributed by atoms with Crippen LogP contribution in [0, 0.1) is 0 Å². The Morgan fingerprint density at radius 3 is 2.75 bits per heavy atom. The van der Waals surface area contributed by atoms with Crippen molar-refractivity contribution >= 4 is 39.7 Å². The Labute approximate surface area is 147 Å². The van der Waals surface area contributed by atoms with Gasteiger partial charge in [0.25, 0.3) is 0 Å². The van der Waals surface area contributed by atoms with Crippen molar-refractivity contribution in [1.82, 2.24) is 14.8 Å². The Balaban J connectivity index is 1.76. The average molecular weight is 339 g/mol. The second-order valence-electron chi connectivity index (χ2n) is 5.91. The number of benzene rings is 1. The zero-order chi connectivity index (χ0) is 17.1. The first-order chi connectivity index (χ1) is 11.6. The third kappa shape index (κ3) is 3.38. The molecule has 124 valence electrons. The monoisotopic (exact) mass is 339 g/mol. The zero-order valence-corrected chi connectivity index (χ0v) is 14.9. The summed E-state index contributed by atoms with van der Waals surface area (Å²) >= 11 is 5.42. The first-order valence-corrected chi connectivity index (χ1v) is 8.48. The lowest BCUT2D eigenvalue weighted by Crippen LogP contribution is -2.20. The number of nitrogens with one attached hydrogen (secondary N) is 2. The average Bonchev–Trinajstić information content (AvgIpc) is 2.98. The van der Waals surface area contributed by atoms with Gasteiger partial charge in [-0.3, -0.25) is 0 Å². The van der Waals surface area contributed by atoms with Crippen molar-refractivity contribution in [2.24, 2.45) is 0 Å². The molecule has 0 saturated heterocycles. The summed E-state index contributed by atoms with van der Waals surface area (Å²) in [6.45, 7) is 6.30. The Morgan fingerprint density at radius 1 is 1.21 bits per heavy atom. The number of pyridine rings is 1. The van der Waals surface area contributed by atoms with Crippen LogP contribution in [0.5, 0.6) is 0 Å². The maximum absolute atomic E-state index is 5.42. The number of hydrogen-bond donors (Lipinski definition) is 2. The minimum atomic E-state index is 0.280. The SMILES string of the molecule is CCc1ccccc1NC(=S)Nc1cnc2c(cnn2C(C)C)c1. The number of fused-ring (bicyclic) bond motifs is 1. The van der Waals surface area contributed by atoms with Gasteiger partial charge in [-0.15, -0.1) is 0 Å². The van der Waals surface area contributed by atoms with Gasteiger partial charge in [0.15, 0.2) is 10.8 Å². The van der Waals surface area contributed by atoms with E-state index in [2.05, 4.69) is 47.6 Å². The van der Waals surface area contributed by atoms with E-state index in [1.54, 1.807) is 6.20 Å². The van der Waals surface area contributed by atoms with E-state index in [1.807, 2.05) is 35.1 Å². The zero-order valence-electron chi connectivity index (χ0n) is 14.1. The van der Waals surface area contributed by atoms with Gasteiger partial charge in [-0.05, 0) is 50.2 Å². The highest BCUT2D eigenvalue weighted by Gasteiger charge is 2.09. The van der Waals surface area contributed by atoms with E-state index in [0.29, 0.717) is 5.11 Å². The molecule has 3 rings (SSSR count). The first kappa shape index (κ1) is 16.4. The minimum Gasteiger partial charge on any atom is -0.332 e. The smallest absolute Gasteiger partial charge is 0.175 e. The largest absolute Gasteiger partial charge is 0.332 e. The van der Waals surface area contributed by atoms with Crippen LogP contribution in [0.25, 0.3) is 11.0 Å². The highest BCUT2D eigenvalue weighted by Crippen LogP contribution is 2.20. The lowest BCUT2D eigenvalue weighted by molar-refractivity contribution is 0.546. The van der Waals surface area contributed by atoms with Gasteiger partial charge < -0.3 is 10.6 Å². The van der Waals surface area contributed by atoms with Gasteiger partial charge in [-0.2, -0.15) is 5.10 Å². The van der Waals surface area contributed by atoms with E-state index in [1.165, 1.54) is 5.56 Å². The summed E-state index contributed by atoms with van der Waals surface area (Å²) in [5.74, 6) is 0. The molecule has 2 aromatic heterocycles. The van der Waals surface area contributed by atoms with Gasteiger partial charge >= 0.3 is 0 Å². The number of aryl methyl sites for hydroxylation is 1. The summed E-state index contributed by atoms with van der Waals surface area (Å²) in [5.41, 5.74) is 3.98. The fourth-order valence-corrected chi connectivity index (χ4v) is 2.85. The van der Waals surface area contributed by atoms with Gasteiger partial charge in [0.1, 0.15) is 0 Å². The molecule has 5 nitrogen and oxygen atoms in total. The number of thiocarbonyl (C=S) groups is 1. The quantitative estimate of drug-likeness (QED) is 0.691. The van der Waals surface area contributed by atoms with Crippen LogP contribution in [-0.2, 0) is 6.42 Å². The Kier molecular flexibility index (Phi) is 4.76. The predicted octanol–water partition coefficient (Wildman–Crippen LogP) is 4.38. The lowest BCUT2D eigenvalue weighted by Gasteiger charge is -2.13. The van der Waals surface area contributed by atoms with Gasteiger partial charge in [-0.25, -0.2) is 9.67 Å². The van der Waals surface area contributed by atoms with Crippen LogP contribution in [0.4, 0.5) is 11.4 Å². The van der Waals surface area contributed by atoms with Crippen LogP contribution < -0.4 is 10.6 Å². The topological polar surface area (TPSA) is 54.8 Å². The Bertz CT molecular complexity index is 869. The molecule has 1 aromatic carbocycles. The van der Waals surface area contributed by atoms with E-state index in [0.717, 1.165) is 28.8 Å². The second kappa shape index (κ2) is 6.97. The summed E-state index contributed by atoms with van der Waals surface area (Å²) in [6.07, 6.45) is 4.56. The molecule has 0 aliphatic heterocycles. The van der Waals surface area contributed by atoms with Crippen LogP contribution in [0.15, 0.2) is 42.7 Å². The molecule has 0 amide bonds. The van der Waals surface area contributed by atoms with E-state index < -0.39 is 0 Å². The molecule has 0 aliphatic carbocycles. The molecule has 0 fully saturated rings. The third-order valence-corrected chi connectivity index (χ3v) is 4.03. The predicted molar refractivity (Wildman–Crippen MR) is 104 cm³/mol. The van der Waals surface area contributed by atoms with E-state index in [9.17, 15) is 0 Å². The van der Waals surface area contributed by atoms with Crippen molar-refractivity contribution in [1.29, 1.82) is 0 Å². The minimum absolute atomic E-state index is 0.280. The molecule has 0 atom stereocenters. The molecular weight excluding hydrogens is 318 g/mol.